The van der Waals surface area contributed by atoms with Gasteiger partial charge in [-0.05, 0) is 17.7 Å². The van der Waals surface area contributed by atoms with Crippen LogP contribution in [0, 0.1) is 11.3 Å². The Bertz CT molecular complexity index is 522. The summed E-state index contributed by atoms with van der Waals surface area (Å²) in [5, 5.41) is 17.5. The van der Waals surface area contributed by atoms with Crippen molar-refractivity contribution in [2.75, 3.05) is 0 Å². The van der Waals surface area contributed by atoms with Gasteiger partial charge in [0.2, 0.25) is 0 Å². The van der Waals surface area contributed by atoms with Crippen molar-refractivity contribution >= 4 is 17.6 Å². The van der Waals surface area contributed by atoms with E-state index in [0.717, 1.165) is 12.1 Å². The van der Waals surface area contributed by atoms with E-state index in [2.05, 4.69) is 4.74 Å². The SMILES string of the molecule is N#Cc1cc(CCl)cc(OC(F)(F)F)c1C(=O)O. The molecule has 0 unspecified atom stereocenters. The standard InChI is InChI=1S/C10H5ClF3NO3/c11-3-5-1-6(4-15)8(9(16)17)7(2-5)18-10(12,13)14/h1-2H,3H2,(H,16,17). The van der Waals surface area contributed by atoms with Crippen LogP contribution in [0.1, 0.15) is 21.5 Å². The van der Waals surface area contributed by atoms with Gasteiger partial charge in [0.15, 0.2) is 0 Å². The number of nitriles is 1. The lowest BCUT2D eigenvalue weighted by atomic mass is 10.0. The average Bonchev–Trinajstić information content (AvgIpc) is 2.25. The monoisotopic (exact) mass is 279 g/mol. The molecule has 0 radical (unpaired) electrons. The fourth-order valence-electron chi connectivity index (χ4n) is 1.26. The van der Waals surface area contributed by atoms with Crippen LogP contribution in [0.15, 0.2) is 12.1 Å². The summed E-state index contributed by atoms with van der Waals surface area (Å²) in [6.45, 7) is 0. The predicted octanol–water partition coefficient (Wildman–Crippen LogP) is 2.89. The summed E-state index contributed by atoms with van der Waals surface area (Å²) in [4.78, 5) is 10.9. The zero-order valence-electron chi connectivity index (χ0n) is 8.58. The fraction of sp³-hybridized carbons (Fsp3) is 0.200. The third-order valence-electron chi connectivity index (χ3n) is 1.88. The molecule has 1 aromatic carbocycles. The highest BCUT2D eigenvalue weighted by atomic mass is 35.5. The van der Waals surface area contributed by atoms with E-state index in [9.17, 15) is 18.0 Å². The Kier molecular flexibility index (Phi) is 4.03. The molecule has 0 bridgehead atoms. The van der Waals surface area contributed by atoms with Crippen LogP contribution >= 0.6 is 11.6 Å². The first-order chi connectivity index (χ1) is 8.28. The first-order valence-electron chi connectivity index (χ1n) is 4.40. The largest absolute Gasteiger partial charge is 0.573 e. The lowest BCUT2D eigenvalue weighted by Crippen LogP contribution is -2.19. The predicted molar refractivity (Wildman–Crippen MR) is 54.4 cm³/mol. The van der Waals surface area contributed by atoms with Gasteiger partial charge < -0.3 is 9.84 Å². The molecule has 0 aliphatic rings. The van der Waals surface area contributed by atoms with Crippen molar-refractivity contribution in [3.63, 3.8) is 0 Å². The number of ether oxygens (including phenoxy) is 1. The number of halogens is 4. The van der Waals surface area contributed by atoms with Crippen molar-refractivity contribution in [3.8, 4) is 11.8 Å². The highest BCUT2D eigenvalue weighted by Gasteiger charge is 2.34. The summed E-state index contributed by atoms with van der Waals surface area (Å²) < 4.78 is 40.0. The summed E-state index contributed by atoms with van der Waals surface area (Å²) in [6.07, 6.45) is -5.05. The van der Waals surface area contributed by atoms with Gasteiger partial charge in [0, 0.05) is 5.88 Å². The molecule has 8 heteroatoms. The number of rotatable bonds is 3. The number of nitrogens with zero attached hydrogens (tertiary/aromatic N) is 1. The molecular formula is C10H5ClF3NO3. The van der Waals surface area contributed by atoms with Gasteiger partial charge in [-0.1, -0.05) is 0 Å². The minimum absolute atomic E-state index is 0.150. The highest BCUT2D eigenvalue weighted by molar-refractivity contribution is 6.17. The summed E-state index contributed by atoms with van der Waals surface area (Å²) in [7, 11) is 0. The molecule has 0 amide bonds. The smallest absolute Gasteiger partial charge is 0.478 e. The molecule has 0 aliphatic carbocycles. The molecule has 4 nitrogen and oxygen atoms in total. The molecule has 0 heterocycles. The second-order valence-electron chi connectivity index (χ2n) is 3.11. The lowest BCUT2D eigenvalue weighted by molar-refractivity contribution is -0.274. The van der Waals surface area contributed by atoms with Gasteiger partial charge in [-0.25, -0.2) is 4.79 Å². The van der Waals surface area contributed by atoms with E-state index in [0.29, 0.717) is 0 Å². The molecule has 1 aromatic rings. The van der Waals surface area contributed by atoms with Gasteiger partial charge in [-0.3, -0.25) is 0 Å². The molecule has 0 saturated heterocycles. The molecule has 96 valence electrons. The Morgan fingerprint density at radius 1 is 1.50 bits per heavy atom. The Balaban J connectivity index is 3.45. The molecule has 1 rings (SSSR count). The van der Waals surface area contributed by atoms with Gasteiger partial charge in [-0.2, -0.15) is 5.26 Å². The zero-order chi connectivity index (χ0) is 13.9. The van der Waals surface area contributed by atoms with Gasteiger partial charge >= 0.3 is 12.3 Å². The summed E-state index contributed by atoms with van der Waals surface area (Å²) in [5.74, 6) is -2.82. The Hall–Kier alpha value is -1.94. The molecule has 1 N–H and O–H groups in total. The number of benzene rings is 1. The molecule has 0 spiro atoms. The van der Waals surface area contributed by atoms with Crippen molar-refractivity contribution in [1.82, 2.24) is 0 Å². The van der Waals surface area contributed by atoms with E-state index in [1.807, 2.05) is 0 Å². The van der Waals surface area contributed by atoms with Crippen molar-refractivity contribution in [1.29, 1.82) is 5.26 Å². The quantitative estimate of drug-likeness (QED) is 0.864. The molecule has 0 atom stereocenters. The normalized spacial score (nSPS) is 10.8. The van der Waals surface area contributed by atoms with E-state index in [1.54, 1.807) is 0 Å². The first-order valence-corrected chi connectivity index (χ1v) is 4.94. The van der Waals surface area contributed by atoms with Crippen LogP contribution in [-0.4, -0.2) is 17.4 Å². The Morgan fingerprint density at radius 2 is 2.11 bits per heavy atom. The van der Waals surface area contributed by atoms with Crippen molar-refractivity contribution in [2.24, 2.45) is 0 Å². The van der Waals surface area contributed by atoms with Gasteiger partial charge in [0.1, 0.15) is 17.4 Å². The molecule has 18 heavy (non-hydrogen) atoms. The molecule has 0 aromatic heterocycles. The number of hydrogen-bond donors (Lipinski definition) is 1. The summed E-state index contributed by atoms with van der Waals surface area (Å²) in [6, 6.07) is 3.43. The maximum absolute atomic E-state index is 12.1. The van der Waals surface area contributed by atoms with Crippen LogP contribution in [0.4, 0.5) is 13.2 Å². The van der Waals surface area contributed by atoms with Crippen LogP contribution < -0.4 is 4.74 Å². The van der Waals surface area contributed by atoms with E-state index in [4.69, 9.17) is 22.0 Å². The van der Waals surface area contributed by atoms with Gasteiger partial charge in [0.05, 0.1) is 5.56 Å². The second kappa shape index (κ2) is 5.14. The number of carboxylic acids is 1. The van der Waals surface area contributed by atoms with E-state index in [-0.39, 0.29) is 11.4 Å². The summed E-state index contributed by atoms with van der Waals surface area (Å²) in [5.41, 5.74) is -1.14. The number of carboxylic acid groups (broad SMARTS) is 1. The van der Waals surface area contributed by atoms with E-state index in [1.165, 1.54) is 6.07 Å². The third kappa shape index (κ3) is 3.28. The third-order valence-corrected chi connectivity index (χ3v) is 2.18. The van der Waals surface area contributed by atoms with Gasteiger partial charge in [0.25, 0.3) is 0 Å². The van der Waals surface area contributed by atoms with Crippen LogP contribution in [0.3, 0.4) is 0 Å². The van der Waals surface area contributed by atoms with E-state index < -0.39 is 29.2 Å². The maximum Gasteiger partial charge on any atom is 0.573 e. The topological polar surface area (TPSA) is 70.3 Å². The maximum atomic E-state index is 12.1. The van der Waals surface area contributed by atoms with Crippen LogP contribution in [0.2, 0.25) is 0 Å². The minimum Gasteiger partial charge on any atom is -0.478 e. The van der Waals surface area contributed by atoms with Crippen molar-refractivity contribution in [3.05, 3.63) is 28.8 Å². The Morgan fingerprint density at radius 3 is 2.50 bits per heavy atom. The number of alkyl halides is 4. The fourth-order valence-corrected chi connectivity index (χ4v) is 1.42. The van der Waals surface area contributed by atoms with Crippen molar-refractivity contribution < 1.29 is 27.8 Å². The zero-order valence-corrected chi connectivity index (χ0v) is 9.34. The van der Waals surface area contributed by atoms with Crippen LogP contribution in [0.25, 0.3) is 0 Å². The average molecular weight is 280 g/mol. The highest BCUT2D eigenvalue weighted by Crippen LogP contribution is 2.30. The molecule has 0 fully saturated rings. The van der Waals surface area contributed by atoms with Crippen molar-refractivity contribution in [2.45, 2.75) is 12.2 Å². The molecular weight excluding hydrogens is 275 g/mol. The van der Waals surface area contributed by atoms with E-state index >= 15 is 0 Å². The summed E-state index contributed by atoms with van der Waals surface area (Å²) >= 11 is 5.44. The number of hydrogen-bond acceptors (Lipinski definition) is 3. The minimum atomic E-state index is -5.05. The Labute approximate surface area is 104 Å². The number of carbonyl (C=O) groups is 1. The molecule has 0 saturated carbocycles. The lowest BCUT2D eigenvalue weighted by Gasteiger charge is -2.13. The first kappa shape index (κ1) is 14.1. The number of aromatic carboxylic acids is 1. The van der Waals surface area contributed by atoms with Gasteiger partial charge in [-0.15, -0.1) is 24.8 Å². The van der Waals surface area contributed by atoms with Crippen LogP contribution in [0.5, 0.6) is 5.75 Å². The van der Waals surface area contributed by atoms with Crippen LogP contribution in [-0.2, 0) is 5.88 Å². The second-order valence-corrected chi connectivity index (χ2v) is 3.38. The molecule has 0 aliphatic heterocycles.